The second-order valence-electron chi connectivity index (χ2n) is 10.6. The Morgan fingerprint density at radius 2 is 1.86 bits per heavy atom. The number of benzene rings is 1. The fourth-order valence-electron chi connectivity index (χ4n) is 6.20. The van der Waals surface area contributed by atoms with E-state index in [2.05, 4.69) is 10.2 Å². The third-order valence-electron chi connectivity index (χ3n) is 8.31. The van der Waals surface area contributed by atoms with Crippen LogP contribution in [0.1, 0.15) is 73.7 Å². The minimum atomic E-state index is -0.591. The Labute approximate surface area is 207 Å². The summed E-state index contributed by atoms with van der Waals surface area (Å²) in [6.07, 6.45) is 9.52. The van der Waals surface area contributed by atoms with Gasteiger partial charge in [0.2, 0.25) is 11.8 Å². The number of rotatable bonds is 7. The van der Waals surface area contributed by atoms with Crippen LogP contribution in [0.5, 0.6) is 5.75 Å². The van der Waals surface area contributed by atoms with Crippen molar-refractivity contribution >= 4 is 17.7 Å². The molecular weight excluding hydrogens is 446 g/mol. The molecule has 1 aliphatic carbocycles. The van der Waals surface area contributed by atoms with Crippen LogP contribution in [0.25, 0.3) is 0 Å². The summed E-state index contributed by atoms with van der Waals surface area (Å²) in [6.45, 7) is 3.30. The molecule has 0 bridgehead atoms. The molecule has 5 rings (SSSR count). The molecule has 8 nitrogen and oxygen atoms in total. The van der Waals surface area contributed by atoms with Crippen molar-refractivity contribution in [3.05, 3.63) is 29.3 Å². The topological polar surface area (TPSA) is 88.2 Å². The van der Waals surface area contributed by atoms with Gasteiger partial charge in [0.05, 0.1) is 6.10 Å². The van der Waals surface area contributed by atoms with E-state index in [0.717, 1.165) is 36.7 Å². The molecule has 1 saturated carbocycles. The molecule has 1 unspecified atom stereocenters. The Hall–Kier alpha value is -2.45. The van der Waals surface area contributed by atoms with Crippen LogP contribution < -0.4 is 10.1 Å². The summed E-state index contributed by atoms with van der Waals surface area (Å²) < 4.78 is 11.8. The zero-order valence-electron chi connectivity index (χ0n) is 20.7. The van der Waals surface area contributed by atoms with Crippen molar-refractivity contribution in [3.8, 4) is 5.75 Å². The van der Waals surface area contributed by atoms with E-state index in [1.165, 1.54) is 38.5 Å². The molecular formula is C27H37N3O5. The van der Waals surface area contributed by atoms with Crippen LogP contribution in [-0.2, 0) is 20.9 Å². The normalized spacial score (nSPS) is 29.7. The predicted molar refractivity (Wildman–Crippen MR) is 130 cm³/mol. The molecule has 3 fully saturated rings. The van der Waals surface area contributed by atoms with E-state index in [1.807, 2.05) is 25.3 Å². The fourth-order valence-corrected chi connectivity index (χ4v) is 6.20. The quantitative estimate of drug-likeness (QED) is 0.600. The van der Waals surface area contributed by atoms with Crippen molar-refractivity contribution in [2.24, 2.45) is 5.92 Å². The molecule has 0 spiro atoms. The molecule has 190 valence electrons. The minimum Gasteiger partial charge on any atom is -0.492 e. The van der Waals surface area contributed by atoms with E-state index in [0.29, 0.717) is 37.3 Å². The highest BCUT2D eigenvalue weighted by Gasteiger charge is 2.39. The van der Waals surface area contributed by atoms with E-state index >= 15 is 0 Å². The summed E-state index contributed by atoms with van der Waals surface area (Å²) in [5.74, 6) is 0.708. The molecule has 0 aromatic heterocycles. The first-order valence-corrected chi connectivity index (χ1v) is 13.2. The summed E-state index contributed by atoms with van der Waals surface area (Å²) in [4.78, 5) is 40.9. The number of amides is 3. The number of piperidine rings is 2. The Kier molecular flexibility index (Phi) is 7.39. The molecule has 3 heterocycles. The molecule has 2 atom stereocenters. The molecule has 1 N–H and O–H groups in total. The first kappa shape index (κ1) is 24.3. The Morgan fingerprint density at radius 3 is 2.63 bits per heavy atom. The van der Waals surface area contributed by atoms with Crippen LogP contribution >= 0.6 is 0 Å². The maximum atomic E-state index is 12.9. The van der Waals surface area contributed by atoms with Crippen molar-refractivity contribution in [1.29, 1.82) is 0 Å². The van der Waals surface area contributed by atoms with Crippen molar-refractivity contribution in [3.63, 3.8) is 0 Å². The number of methoxy groups -OCH3 is 1. The van der Waals surface area contributed by atoms with Crippen molar-refractivity contribution < 1.29 is 23.9 Å². The summed E-state index contributed by atoms with van der Waals surface area (Å²) in [5.41, 5.74) is 1.50. The van der Waals surface area contributed by atoms with Gasteiger partial charge in [0, 0.05) is 38.2 Å². The van der Waals surface area contributed by atoms with Crippen LogP contribution in [0.3, 0.4) is 0 Å². The predicted octanol–water partition coefficient (Wildman–Crippen LogP) is 2.89. The van der Waals surface area contributed by atoms with Gasteiger partial charge < -0.3 is 14.4 Å². The number of ether oxygens (including phenoxy) is 2. The van der Waals surface area contributed by atoms with Gasteiger partial charge in [-0.1, -0.05) is 6.42 Å². The lowest BCUT2D eigenvalue weighted by Crippen LogP contribution is -2.52. The van der Waals surface area contributed by atoms with Crippen molar-refractivity contribution in [1.82, 2.24) is 15.1 Å². The molecule has 8 heteroatoms. The number of hydrogen-bond donors (Lipinski definition) is 1. The van der Waals surface area contributed by atoms with Gasteiger partial charge in [-0.15, -0.1) is 0 Å². The highest BCUT2D eigenvalue weighted by Crippen LogP contribution is 2.32. The first-order chi connectivity index (χ1) is 17.0. The minimum absolute atomic E-state index is 0.150. The Morgan fingerprint density at radius 1 is 1.03 bits per heavy atom. The van der Waals surface area contributed by atoms with Crippen LogP contribution in [0.15, 0.2) is 18.2 Å². The fraction of sp³-hybridized carbons (Fsp3) is 0.667. The van der Waals surface area contributed by atoms with Crippen LogP contribution in [0, 0.1) is 5.92 Å². The monoisotopic (exact) mass is 483 g/mol. The summed E-state index contributed by atoms with van der Waals surface area (Å²) in [5, 5.41) is 2.35. The zero-order chi connectivity index (χ0) is 24.4. The molecule has 4 aliphatic rings. The second-order valence-corrected chi connectivity index (χ2v) is 10.6. The average molecular weight is 484 g/mol. The van der Waals surface area contributed by atoms with Crippen LogP contribution in [-0.4, -0.2) is 72.5 Å². The van der Waals surface area contributed by atoms with Gasteiger partial charge in [-0.2, -0.15) is 0 Å². The third kappa shape index (κ3) is 5.38. The lowest BCUT2D eigenvalue weighted by atomic mass is 9.86. The highest BCUT2D eigenvalue weighted by atomic mass is 16.5. The molecule has 1 aromatic carbocycles. The Balaban J connectivity index is 1.17. The van der Waals surface area contributed by atoms with E-state index in [4.69, 9.17) is 9.47 Å². The van der Waals surface area contributed by atoms with Gasteiger partial charge in [-0.3, -0.25) is 24.6 Å². The SMILES string of the molecule is CO[C@H]1CC[C@H](CN2CCCC[C@@H]2COc2ccc3c(c2)CN(C2CCC(=O)NC2=O)C3=O)CC1. The number of carbonyl (C=O) groups is 3. The third-order valence-corrected chi connectivity index (χ3v) is 8.31. The number of imide groups is 1. The summed E-state index contributed by atoms with van der Waals surface area (Å²) in [6, 6.07) is 5.44. The smallest absolute Gasteiger partial charge is 0.255 e. The summed E-state index contributed by atoms with van der Waals surface area (Å²) >= 11 is 0. The van der Waals surface area contributed by atoms with E-state index in [1.54, 1.807) is 4.90 Å². The summed E-state index contributed by atoms with van der Waals surface area (Å²) in [7, 11) is 1.82. The standard InChI is InChI=1S/C27H37N3O5/c1-34-21-7-5-18(6-8-21)15-29-13-3-2-4-20(29)17-35-22-9-10-23-19(14-22)16-30(27(23)33)24-11-12-25(31)28-26(24)32/h9-10,14,18,20-21,24H,2-8,11-13,15-17H2,1H3,(H,28,31,32)/t18-,20-,21-,24?/m1/s1. The Bertz CT molecular complexity index is 958. The van der Waals surface area contributed by atoms with Crippen molar-refractivity contribution in [2.45, 2.75) is 82.5 Å². The van der Waals surface area contributed by atoms with Gasteiger partial charge in [-0.25, -0.2) is 0 Å². The lowest BCUT2D eigenvalue weighted by molar-refractivity contribution is -0.136. The second kappa shape index (κ2) is 10.7. The largest absolute Gasteiger partial charge is 0.492 e. The highest BCUT2D eigenvalue weighted by molar-refractivity contribution is 6.05. The number of nitrogens with one attached hydrogen (secondary N) is 1. The molecule has 0 radical (unpaired) electrons. The number of likely N-dealkylation sites (tertiary alicyclic amines) is 1. The van der Waals surface area contributed by atoms with Gasteiger partial charge in [0.25, 0.3) is 5.91 Å². The average Bonchev–Trinajstić information content (AvgIpc) is 3.19. The molecule has 35 heavy (non-hydrogen) atoms. The number of fused-ring (bicyclic) bond motifs is 1. The molecule has 3 aliphatic heterocycles. The van der Waals surface area contributed by atoms with Gasteiger partial charge in [0.1, 0.15) is 18.4 Å². The van der Waals surface area contributed by atoms with Crippen LogP contribution in [0.4, 0.5) is 0 Å². The maximum Gasteiger partial charge on any atom is 0.255 e. The van der Waals surface area contributed by atoms with Gasteiger partial charge in [0.15, 0.2) is 0 Å². The molecule has 1 aromatic rings. The van der Waals surface area contributed by atoms with Gasteiger partial charge in [-0.05, 0) is 81.2 Å². The number of hydrogen-bond acceptors (Lipinski definition) is 6. The van der Waals surface area contributed by atoms with E-state index in [-0.39, 0.29) is 24.1 Å². The van der Waals surface area contributed by atoms with Crippen molar-refractivity contribution in [2.75, 3.05) is 26.8 Å². The van der Waals surface area contributed by atoms with Gasteiger partial charge >= 0.3 is 0 Å². The number of nitrogens with zero attached hydrogens (tertiary/aromatic N) is 2. The first-order valence-electron chi connectivity index (χ1n) is 13.2. The van der Waals surface area contributed by atoms with E-state index < -0.39 is 6.04 Å². The maximum absolute atomic E-state index is 12.9. The molecule has 2 saturated heterocycles. The number of carbonyl (C=O) groups excluding carboxylic acids is 3. The lowest BCUT2D eigenvalue weighted by Gasteiger charge is -2.39. The molecule has 3 amide bonds. The van der Waals surface area contributed by atoms with E-state index in [9.17, 15) is 14.4 Å². The zero-order valence-corrected chi connectivity index (χ0v) is 20.7. The van der Waals surface area contributed by atoms with Crippen LogP contribution in [0.2, 0.25) is 0 Å².